The number of hydrogen-bond acceptors (Lipinski definition) is 5. The lowest BCUT2D eigenvalue weighted by Gasteiger charge is -2.57. The van der Waals surface area contributed by atoms with Crippen LogP contribution in [0.4, 0.5) is 0 Å². The second-order valence-electron chi connectivity index (χ2n) is 8.47. The Hall–Kier alpha value is -0.940. The van der Waals surface area contributed by atoms with Gasteiger partial charge in [0.2, 0.25) is 0 Å². The number of fused-ring (bicyclic) bond motifs is 2. The van der Waals surface area contributed by atoms with E-state index in [1.54, 1.807) is 7.11 Å². The van der Waals surface area contributed by atoms with Crippen LogP contribution in [0.5, 0.6) is 0 Å². The van der Waals surface area contributed by atoms with Gasteiger partial charge in [-0.25, -0.2) is 4.99 Å². The molecule has 9 heteroatoms. The molecule has 4 rings (SSSR count). The Morgan fingerprint density at radius 1 is 1.34 bits per heavy atom. The van der Waals surface area contributed by atoms with E-state index in [0.717, 1.165) is 50.2 Å². The molecule has 2 heterocycles. The summed E-state index contributed by atoms with van der Waals surface area (Å²) in [6.45, 7) is 4.96. The molecule has 1 aromatic heterocycles. The van der Waals surface area contributed by atoms with Crippen LogP contribution in [-0.4, -0.2) is 59.7 Å². The zero-order valence-electron chi connectivity index (χ0n) is 17.8. The number of aryl methyl sites for hydroxylation is 1. The van der Waals surface area contributed by atoms with E-state index in [0.29, 0.717) is 30.0 Å². The van der Waals surface area contributed by atoms with Crippen LogP contribution in [0.15, 0.2) is 4.99 Å². The summed E-state index contributed by atoms with van der Waals surface area (Å²) in [5.74, 6) is 3.27. The zero-order chi connectivity index (χ0) is 19.6. The first-order valence-corrected chi connectivity index (χ1v) is 10.7. The molecule has 1 aliphatic heterocycles. The molecule has 0 aromatic carbocycles. The molecule has 0 amide bonds. The number of rotatable bonds is 7. The van der Waals surface area contributed by atoms with Crippen molar-refractivity contribution in [3.8, 4) is 0 Å². The first-order valence-electron chi connectivity index (χ1n) is 10.7. The molecule has 0 bridgehead atoms. The van der Waals surface area contributed by atoms with Crippen molar-refractivity contribution >= 4 is 29.9 Å². The second kappa shape index (κ2) is 9.91. The van der Waals surface area contributed by atoms with Gasteiger partial charge >= 0.3 is 0 Å². The van der Waals surface area contributed by atoms with Crippen LogP contribution >= 0.6 is 24.0 Å². The lowest BCUT2D eigenvalue weighted by atomic mass is 9.54. The average Bonchev–Trinajstić information content (AvgIpc) is 3.42. The van der Waals surface area contributed by atoms with Crippen LogP contribution in [0.2, 0.25) is 0 Å². The number of ether oxygens (including phenoxy) is 2. The molecule has 0 radical (unpaired) electrons. The predicted molar refractivity (Wildman–Crippen MR) is 122 cm³/mol. The van der Waals surface area contributed by atoms with Gasteiger partial charge in [0, 0.05) is 51.3 Å². The maximum absolute atomic E-state index is 6.12. The molecule has 29 heavy (non-hydrogen) atoms. The summed E-state index contributed by atoms with van der Waals surface area (Å²) in [6, 6.07) is 0.456. The van der Waals surface area contributed by atoms with E-state index in [1.807, 2.05) is 18.5 Å². The Balaban J connectivity index is 0.00000240. The molecule has 3 aliphatic rings. The molecule has 3 atom stereocenters. The number of nitrogens with one attached hydrogen (secondary N) is 2. The number of aliphatic imine (C=N–C) groups is 1. The fraction of sp³-hybridized carbons (Fsp3) is 0.850. The number of hydrogen-bond donors (Lipinski definition) is 2. The highest BCUT2D eigenvalue weighted by molar-refractivity contribution is 14.0. The van der Waals surface area contributed by atoms with Gasteiger partial charge < -0.3 is 24.7 Å². The van der Waals surface area contributed by atoms with Gasteiger partial charge in [-0.2, -0.15) is 0 Å². The Labute approximate surface area is 190 Å². The molecule has 2 saturated carbocycles. The van der Waals surface area contributed by atoms with Crippen molar-refractivity contribution in [1.29, 1.82) is 0 Å². The molecule has 3 unspecified atom stereocenters. The summed E-state index contributed by atoms with van der Waals surface area (Å²) < 4.78 is 13.3. The Morgan fingerprint density at radius 3 is 2.83 bits per heavy atom. The quantitative estimate of drug-likeness (QED) is 0.249. The Morgan fingerprint density at radius 2 is 2.14 bits per heavy atom. The lowest BCUT2D eigenvalue weighted by Crippen LogP contribution is -2.69. The van der Waals surface area contributed by atoms with Gasteiger partial charge in [0.15, 0.2) is 11.8 Å². The smallest absolute Gasteiger partial charge is 0.191 e. The van der Waals surface area contributed by atoms with Crippen LogP contribution in [0, 0.1) is 18.3 Å². The first-order chi connectivity index (χ1) is 13.7. The van der Waals surface area contributed by atoms with Crippen LogP contribution in [0.1, 0.15) is 50.2 Å². The molecule has 1 aromatic rings. The molecular weight excluding hydrogens is 483 g/mol. The molecule has 2 aliphatic carbocycles. The molecule has 1 spiro atoms. The number of guanidine groups is 1. The van der Waals surface area contributed by atoms with Gasteiger partial charge in [0.1, 0.15) is 12.4 Å². The van der Waals surface area contributed by atoms with E-state index in [9.17, 15) is 0 Å². The van der Waals surface area contributed by atoms with E-state index in [1.165, 1.54) is 25.7 Å². The monoisotopic (exact) mass is 518 g/mol. The molecule has 2 N–H and O–H groups in total. The summed E-state index contributed by atoms with van der Waals surface area (Å²) in [4.78, 5) is 4.85. The largest absolute Gasteiger partial charge is 0.385 e. The highest BCUT2D eigenvalue weighted by Gasteiger charge is 2.65. The topological polar surface area (TPSA) is 85.6 Å². The van der Waals surface area contributed by atoms with Gasteiger partial charge in [-0.15, -0.1) is 34.2 Å². The van der Waals surface area contributed by atoms with Crippen molar-refractivity contribution in [2.75, 3.05) is 26.9 Å². The maximum atomic E-state index is 6.12. The third kappa shape index (κ3) is 4.41. The molecule has 8 nitrogen and oxygen atoms in total. The third-order valence-corrected chi connectivity index (χ3v) is 6.96. The van der Waals surface area contributed by atoms with Gasteiger partial charge in [-0.3, -0.25) is 0 Å². The van der Waals surface area contributed by atoms with Crippen molar-refractivity contribution in [2.45, 2.75) is 64.1 Å². The fourth-order valence-corrected chi connectivity index (χ4v) is 5.37. The highest BCUT2D eigenvalue weighted by atomic mass is 127. The molecule has 1 saturated heterocycles. The van der Waals surface area contributed by atoms with Gasteiger partial charge in [-0.1, -0.05) is 12.8 Å². The summed E-state index contributed by atoms with van der Waals surface area (Å²) >= 11 is 0. The van der Waals surface area contributed by atoms with Crippen molar-refractivity contribution in [2.24, 2.45) is 23.4 Å². The van der Waals surface area contributed by atoms with Crippen molar-refractivity contribution in [1.82, 2.24) is 25.4 Å². The minimum atomic E-state index is 0. The van der Waals surface area contributed by atoms with Crippen LogP contribution in [0.25, 0.3) is 0 Å². The summed E-state index contributed by atoms with van der Waals surface area (Å²) in [7, 11) is 3.72. The summed E-state index contributed by atoms with van der Waals surface area (Å²) in [5, 5.41) is 15.7. The normalized spacial score (nSPS) is 27.4. The highest BCUT2D eigenvalue weighted by Crippen LogP contribution is 2.60. The zero-order valence-corrected chi connectivity index (χ0v) is 20.1. The van der Waals surface area contributed by atoms with Crippen molar-refractivity contribution in [3.05, 3.63) is 11.6 Å². The van der Waals surface area contributed by atoms with Crippen LogP contribution in [-0.2, 0) is 23.1 Å². The van der Waals surface area contributed by atoms with Gasteiger partial charge in [0.05, 0.1) is 6.10 Å². The van der Waals surface area contributed by atoms with E-state index in [2.05, 4.69) is 20.8 Å². The van der Waals surface area contributed by atoms with E-state index >= 15 is 0 Å². The summed E-state index contributed by atoms with van der Waals surface area (Å²) in [5.41, 5.74) is 0.303. The van der Waals surface area contributed by atoms with Gasteiger partial charge in [-0.05, 0) is 32.6 Å². The third-order valence-electron chi connectivity index (χ3n) is 6.96. The number of nitrogens with zero attached hydrogens (tertiary/aromatic N) is 4. The first kappa shape index (κ1) is 22.7. The van der Waals surface area contributed by atoms with Gasteiger partial charge in [0.25, 0.3) is 0 Å². The van der Waals surface area contributed by atoms with E-state index in [-0.39, 0.29) is 24.0 Å². The van der Waals surface area contributed by atoms with E-state index < -0.39 is 0 Å². The number of halogens is 1. The fourth-order valence-electron chi connectivity index (χ4n) is 5.37. The van der Waals surface area contributed by atoms with Crippen LogP contribution in [0.3, 0.4) is 0 Å². The number of aromatic nitrogens is 3. The number of methoxy groups -OCH3 is 1. The molecular formula is C20H35IN6O2. The van der Waals surface area contributed by atoms with Crippen LogP contribution < -0.4 is 10.6 Å². The Kier molecular flexibility index (Phi) is 7.77. The average molecular weight is 518 g/mol. The minimum Gasteiger partial charge on any atom is -0.385 e. The minimum absolute atomic E-state index is 0. The lowest BCUT2D eigenvalue weighted by molar-refractivity contribution is -0.125. The maximum Gasteiger partial charge on any atom is 0.191 e. The van der Waals surface area contributed by atoms with E-state index in [4.69, 9.17) is 14.5 Å². The standard InChI is InChI=1S/C20H34N6O2.HI/c1-14-24-25-16(26(14)2)13-22-19(21-10-6-11-27-3)23-17-15-7-12-28-18(15)20(17)8-4-5-9-20;/h15,17-18H,4-13H2,1-3H3,(H2,21,22,23);1H. The van der Waals surface area contributed by atoms with Crippen molar-refractivity contribution in [3.63, 3.8) is 0 Å². The molecule has 164 valence electrons. The Bertz CT molecular complexity index is 703. The predicted octanol–water partition coefficient (Wildman–Crippen LogP) is 2.16. The second-order valence-corrected chi connectivity index (χ2v) is 8.47. The van der Waals surface area contributed by atoms with Crippen molar-refractivity contribution < 1.29 is 9.47 Å². The summed E-state index contributed by atoms with van der Waals surface area (Å²) in [6.07, 6.45) is 7.72. The SMILES string of the molecule is COCCCNC(=NCc1nnc(C)n1C)NC1C2CCOC2C12CCCC2.I. The molecule has 3 fully saturated rings.